The number of hydrogen-bond donors (Lipinski definition) is 1. The maximum atomic E-state index is 12.4. The van der Waals surface area contributed by atoms with Gasteiger partial charge in [0.05, 0.1) is 0 Å². The average molecular weight is 423 g/mol. The lowest BCUT2D eigenvalue weighted by molar-refractivity contribution is 0.0951. The van der Waals surface area contributed by atoms with Gasteiger partial charge in [-0.15, -0.1) is 0 Å². The highest BCUT2D eigenvalue weighted by molar-refractivity contribution is 6.31. The van der Waals surface area contributed by atoms with Crippen molar-refractivity contribution in [2.45, 2.75) is 25.8 Å². The van der Waals surface area contributed by atoms with Gasteiger partial charge in [0, 0.05) is 42.6 Å². The Labute approximate surface area is 180 Å². The SMILES string of the molecule is O=C(NCc1ccccc1Cl)c1ccc(Oc2nccnc2N2CCCCC2)cc1. The van der Waals surface area contributed by atoms with Crippen LogP contribution in [0.2, 0.25) is 5.02 Å². The van der Waals surface area contributed by atoms with E-state index in [1.165, 1.54) is 6.42 Å². The molecule has 0 atom stereocenters. The molecule has 1 aliphatic heterocycles. The summed E-state index contributed by atoms with van der Waals surface area (Å²) in [5, 5.41) is 3.52. The number of benzene rings is 2. The molecule has 0 aliphatic carbocycles. The van der Waals surface area contributed by atoms with Crippen molar-refractivity contribution in [2.24, 2.45) is 0 Å². The monoisotopic (exact) mass is 422 g/mol. The molecule has 2 heterocycles. The molecule has 1 saturated heterocycles. The fourth-order valence-corrected chi connectivity index (χ4v) is 3.62. The average Bonchev–Trinajstić information content (AvgIpc) is 2.80. The molecule has 0 unspecified atom stereocenters. The maximum absolute atomic E-state index is 12.4. The first-order valence-corrected chi connectivity index (χ1v) is 10.4. The summed E-state index contributed by atoms with van der Waals surface area (Å²) in [6.45, 7) is 2.29. The molecule has 0 spiro atoms. The van der Waals surface area contributed by atoms with E-state index in [1.54, 1.807) is 42.7 Å². The summed E-state index contributed by atoms with van der Waals surface area (Å²) in [4.78, 5) is 23.5. The van der Waals surface area contributed by atoms with Gasteiger partial charge in [-0.25, -0.2) is 9.97 Å². The van der Waals surface area contributed by atoms with Gasteiger partial charge < -0.3 is 15.0 Å². The van der Waals surface area contributed by atoms with Crippen LogP contribution in [0.15, 0.2) is 60.9 Å². The fraction of sp³-hybridized carbons (Fsp3) is 0.261. The minimum absolute atomic E-state index is 0.171. The number of anilines is 1. The number of amides is 1. The normalized spacial score (nSPS) is 13.7. The highest BCUT2D eigenvalue weighted by Gasteiger charge is 2.18. The van der Waals surface area contributed by atoms with Crippen LogP contribution in [0.1, 0.15) is 35.2 Å². The van der Waals surface area contributed by atoms with Crippen molar-refractivity contribution in [1.82, 2.24) is 15.3 Å². The van der Waals surface area contributed by atoms with Crippen molar-refractivity contribution >= 4 is 23.3 Å². The minimum Gasteiger partial charge on any atom is -0.436 e. The standard InChI is InChI=1S/C23H23ClN4O2/c24-20-7-3-2-6-18(20)16-27-22(29)17-8-10-19(11-9-17)30-23-21(25-12-13-26-23)28-14-4-1-5-15-28/h2-3,6-13H,1,4-5,14-16H2,(H,27,29). The van der Waals surface area contributed by atoms with Crippen LogP contribution in [-0.2, 0) is 6.54 Å². The smallest absolute Gasteiger partial charge is 0.263 e. The predicted molar refractivity (Wildman–Crippen MR) is 117 cm³/mol. The molecule has 1 N–H and O–H groups in total. The van der Waals surface area contributed by atoms with Crippen molar-refractivity contribution in [1.29, 1.82) is 0 Å². The van der Waals surface area contributed by atoms with E-state index in [4.69, 9.17) is 16.3 Å². The molecule has 1 amide bonds. The van der Waals surface area contributed by atoms with Crippen LogP contribution >= 0.6 is 11.6 Å². The van der Waals surface area contributed by atoms with Crippen molar-refractivity contribution in [3.05, 3.63) is 77.1 Å². The van der Waals surface area contributed by atoms with Gasteiger partial charge in [-0.1, -0.05) is 29.8 Å². The van der Waals surface area contributed by atoms with E-state index in [0.717, 1.165) is 37.3 Å². The number of hydrogen-bond acceptors (Lipinski definition) is 5. The largest absolute Gasteiger partial charge is 0.436 e. The number of carbonyl (C=O) groups is 1. The molecule has 0 bridgehead atoms. The summed E-state index contributed by atoms with van der Waals surface area (Å²) in [6.07, 6.45) is 6.84. The van der Waals surface area contributed by atoms with Gasteiger partial charge in [-0.3, -0.25) is 4.79 Å². The van der Waals surface area contributed by atoms with Gasteiger partial charge in [-0.2, -0.15) is 0 Å². The third kappa shape index (κ3) is 4.89. The van der Waals surface area contributed by atoms with Gasteiger partial charge in [0.25, 0.3) is 11.8 Å². The summed E-state index contributed by atoms with van der Waals surface area (Å²) < 4.78 is 5.98. The van der Waals surface area contributed by atoms with E-state index in [-0.39, 0.29) is 5.91 Å². The molecule has 154 valence electrons. The van der Waals surface area contributed by atoms with Crippen LogP contribution in [0.5, 0.6) is 11.6 Å². The topological polar surface area (TPSA) is 67.3 Å². The van der Waals surface area contributed by atoms with Gasteiger partial charge >= 0.3 is 0 Å². The Morgan fingerprint density at radius 1 is 1.00 bits per heavy atom. The Morgan fingerprint density at radius 2 is 1.73 bits per heavy atom. The second kappa shape index (κ2) is 9.59. The van der Waals surface area contributed by atoms with Crippen LogP contribution in [0, 0.1) is 0 Å². The van der Waals surface area contributed by atoms with E-state index in [9.17, 15) is 4.79 Å². The van der Waals surface area contributed by atoms with Crippen LogP contribution in [0.3, 0.4) is 0 Å². The summed E-state index contributed by atoms with van der Waals surface area (Å²) in [6, 6.07) is 14.4. The van der Waals surface area contributed by atoms with Crippen LogP contribution in [0.25, 0.3) is 0 Å². The molecular formula is C23H23ClN4O2. The Balaban J connectivity index is 1.40. The number of piperidine rings is 1. The van der Waals surface area contributed by atoms with Crippen molar-refractivity contribution < 1.29 is 9.53 Å². The molecular weight excluding hydrogens is 400 g/mol. The second-order valence-electron chi connectivity index (χ2n) is 7.13. The molecule has 2 aromatic carbocycles. The maximum Gasteiger partial charge on any atom is 0.263 e. The number of aromatic nitrogens is 2. The number of carbonyl (C=O) groups excluding carboxylic acids is 1. The fourth-order valence-electron chi connectivity index (χ4n) is 3.42. The zero-order valence-corrected chi connectivity index (χ0v) is 17.3. The Morgan fingerprint density at radius 3 is 2.50 bits per heavy atom. The first kappa shape index (κ1) is 20.2. The van der Waals surface area contributed by atoms with Crippen LogP contribution < -0.4 is 15.0 Å². The molecule has 6 nitrogen and oxygen atoms in total. The molecule has 1 fully saturated rings. The van der Waals surface area contributed by atoms with Crippen molar-refractivity contribution in [3.63, 3.8) is 0 Å². The highest BCUT2D eigenvalue weighted by atomic mass is 35.5. The van der Waals surface area contributed by atoms with Gasteiger partial charge in [-0.05, 0) is 55.2 Å². The predicted octanol–water partition coefficient (Wildman–Crippen LogP) is 4.84. The van der Waals surface area contributed by atoms with Gasteiger partial charge in [0.1, 0.15) is 5.75 Å². The Kier molecular flexibility index (Phi) is 6.44. The third-order valence-corrected chi connectivity index (χ3v) is 5.40. The number of rotatable bonds is 6. The second-order valence-corrected chi connectivity index (χ2v) is 7.54. The molecule has 1 aromatic heterocycles. The number of nitrogens with zero attached hydrogens (tertiary/aromatic N) is 3. The summed E-state index contributed by atoms with van der Waals surface area (Å²) in [5.41, 5.74) is 1.42. The zero-order chi connectivity index (χ0) is 20.8. The lowest BCUT2D eigenvalue weighted by Crippen LogP contribution is -2.30. The summed E-state index contributed by atoms with van der Waals surface area (Å²) in [7, 11) is 0. The van der Waals surface area contributed by atoms with Crippen molar-refractivity contribution in [2.75, 3.05) is 18.0 Å². The lowest BCUT2D eigenvalue weighted by Gasteiger charge is -2.28. The van der Waals surface area contributed by atoms with E-state index in [2.05, 4.69) is 20.2 Å². The highest BCUT2D eigenvalue weighted by Crippen LogP contribution is 2.29. The zero-order valence-electron chi connectivity index (χ0n) is 16.6. The van der Waals surface area contributed by atoms with Crippen molar-refractivity contribution in [3.8, 4) is 11.6 Å². The molecule has 3 aromatic rings. The van der Waals surface area contributed by atoms with E-state index >= 15 is 0 Å². The first-order valence-electron chi connectivity index (χ1n) is 10.1. The summed E-state index contributed by atoms with van der Waals surface area (Å²) in [5.74, 6) is 1.68. The number of halogens is 1. The molecule has 7 heteroatoms. The first-order chi connectivity index (χ1) is 14.7. The van der Waals surface area contributed by atoms with Crippen LogP contribution in [-0.4, -0.2) is 29.0 Å². The number of ether oxygens (including phenoxy) is 1. The minimum atomic E-state index is -0.171. The molecule has 0 radical (unpaired) electrons. The quantitative estimate of drug-likeness (QED) is 0.615. The van der Waals surface area contributed by atoms with Gasteiger partial charge in [0.2, 0.25) is 0 Å². The van der Waals surface area contributed by atoms with E-state index in [1.807, 2.05) is 18.2 Å². The molecule has 1 aliphatic rings. The lowest BCUT2D eigenvalue weighted by atomic mass is 10.1. The molecule has 4 rings (SSSR count). The molecule has 30 heavy (non-hydrogen) atoms. The van der Waals surface area contributed by atoms with E-state index in [0.29, 0.717) is 28.8 Å². The molecule has 0 saturated carbocycles. The Bertz CT molecular complexity index is 1000. The number of nitrogens with one attached hydrogen (secondary N) is 1. The van der Waals surface area contributed by atoms with Gasteiger partial charge in [0.15, 0.2) is 5.82 Å². The van der Waals surface area contributed by atoms with Crippen LogP contribution in [0.4, 0.5) is 5.82 Å². The Hall–Kier alpha value is -3.12. The van der Waals surface area contributed by atoms with E-state index < -0.39 is 0 Å². The summed E-state index contributed by atoms with van der Waals surface area (Å²) >= 11 is 6.14. The third-order valence-electron chi connectivity index (χ3n) is 5.03.